The average molecular weight is 225 g/mol. The highest BCUT2D eigenvalue weighted by Crippen LogP contribution is 2.02. The Morgan fingerprint density at radius 3 is 3.12 bits per heavy atom. The zero-order valence-corrected chi connectivity index (χ0v) is 9.90. The lowest BCUT2D eigenvalue weighted by molar-refractivity contribution is -0.140. The fourth-order valence-corrected chi connectivity index (χ4v) is 1.44. The SMILES string of the molecule is CCNCc1nccn1CCCC(=O)OC. The highest BCUT2D eigenvalue weighted by molar-refractivity contribution is 5.68. The number of esters is 1. The Labute approximate surface area is 95.8 Å². The van der Waals surface area contributed by atoms with Gasteiger partial charge in [-0.1, -0.05) is 6.92 Å². The molecule has 0 atom stereocenters. The van der Waals surface area contributed by atoms with E-state index in [0.717, 1.165) is 31.9 Å². The molecule has 0 fully saturated rings. The zero-order chi connectivity index (χ0) is 11.8. The van der Waals surface area contributed by atoms with E-state index in [1.807, 2.05) is 6.20 Å². The molecule has 1 aromatic rings. The molecule has 1 aromatic heterocycles. The van der Waals surface area contributed by atoms with Gasteiger partial charge in [-0.05, 0) is 13.0 Å². The second kappa shape index (κ2) is 7.00. The predicted molar refractivity (Wildman–Crippen MR) is 60.9 cm³/mol. The summed E-state index contributed by atoms with van der Waals surface area (Å²) in [5.74, 6) is 0.847. The number of methoxy groups -OCH3 is 1. The Morgan fingerprint density at radius 1 is 1.62 bits per heavy atom. The first-order valence-corrected chi connectivity index (χ1v) is 5.55. The number of hydrogen-bond donors (Lipinski definition) is 1. The van der Waals surface area contributed by atoms with Crippen molar-refractivity contribution >= 4 is 5.97 Å². The van der Waals surface area contributed by atoms with E-state index in [1.54, 1.807) is 6.20 Å². The molecule has 1 rings (SSSR count). The summed E-state index contributed by atoms with van der Waals surface area (Å²) in [5, 5.41) is 3.23. The van der Waals surface area contributed by atoms with Crippen LogP contribution in [0.15, 0.2) is 12.4 Å². The monoisotopic (exact) mass is 225 g/mol. The maximum Gasteiger partial charge on any atom is 0.305 e. The van der Waals surface area contributed by atoms with Crippen molar-refractivity contribution in [1.29, 1.82) is 0 Å². The molecule has 1 heterocycles. The molecule has 0 unspecified atom stereocenters. The normalized spacial score (nSPS) is 10.4. The molecule has 0 aliphatic rings. The molecule has 0 aliphatic heterocycles. The number of carbonyl (C=O) groups excluding carboxylic acids is 1. The van der Waals surface area contributed by atoms with Gasteiger partial charge in [-0.15, -0.1) is 0 Å². The molecule has 5 heteroatoms. The number of hydrogen-bond acceptors (Lipinski definition) is 4. The Kier molecular flexibility index (Phi) is 5.56. The molecule has 0 amide bonds. The van der Waals surface area contributed by atoms with Gasteiger partial charge in [0.05, 0.1) is 13.7 Å². The van der Waals surface area contributed by atoms with E-state index in [9.17, 15) is 4.79 Å². The number of ether oxygens (including phenoxy) is 1. The van der Waals surface area contributed by atoms with Gasteiger partial charge in [0.15, 0.2) is 0 Å². The van der Waals surface area contributed by atoms with E-state index >= 15 is 0 Å². The fourth-order valence-electron chi connectivity index (χ4n) is 1.44. The van der Waals surface area contributed by atoms with Gasteiger partial charge in [-0.2, -0.15) is 0 Å². The standard InChI is InChI=1S/C11H19N3O2/c1-3-12-9-10-13-6-8-14(10)7-4-5-11(15)16-2/h6,8,12H,3-5,7,9H2,1-2H3. The molecule has 0 saturated carbocycles. The summed E-state index contributed by atoms with van der Waals surface area (Å²) < 4.78 is 6.65. The lowest BCUT2D eigenvalue weighted by atomic mass is 10.3. The lowest BCUT2D eigenvalue weighted by Crippen LogP contribution is -2.16. The molecule has 0 bridgehead atoms. The Morgan fingerprint density at radius 2 is 2.44 bits per heavy atom. The van der Waals surface area contributed by atoms with Gasteiger partial charge in [0.1, 0.15) is 5.82 Å². The number of aromatic nitrogens is 2. The zero-order valence-electron chi connectivity index (χ0n) is 9.90. The summed E-state index contributed by atoms with van der Waals surface area (Å²) in [6.45, 7) is 4.55. The van der Waals surface area contributed by atoms with Crippen LogP contribution in [0.5, 0.6) is 0 Å². The van der Waals surface area contributed by atoms with Gasteiger partial charge in [-0.25, -0.2) is 4.98 Å². The summed E-state index contributed by atoms with van der Waals surface area (Å²) in [4.78, 5) is 15.2. The van der Waals surface area contributed by atoms with Crippen LogP contribution in [0, 0.1) is 0 Å². The predicted octanol–water partition coefficient (Wildman–Crippen LogP) is 0.946. The summed E-state index contributed by atoms with van der Waals surface area (Å²) in [7, 11) is 1.41. The number of nitrogens with zero attached hydrogens (tertiary/aromatic N) is 2. The average Bonchev–Trinajstić information content (AvgIpc) is 2.73. The Bertz CT molecular complexity index is 323. The molecule has 0 spiro atoms. The van der Waals surface area contributed by atoms with Crippen molar-refractivity contribution in [2.45, 2.75) is 32.9 Å². The van der Waals surface area contributed by atoms with Crippen LogP contribution in [0.25, 0.3) is 0 Å². The van der Waals surface area contributed by atoms with Crippen molar-refractivity contribution in [1.82, 2.24) is 14.9 Å². The molecule has 1 N–H and O–H groups in total. The number of nitrogens with one attached hydrogen (secondary N) is 1. The van der Waals surface area contributed by atoms with Gasteiger partial charge in [0, 0.05) is 25.4 Å². The molecule has 0 saturated heterocycles. The van der Waals surface area contributed by atoms with E-state index < -0.39 is 0 Å². The molecule has 90 valence electrons. The van der Waals surface area contributed by atoms with Gasteiger partial charge in [0.25, 0.3) is 0 Å². The second-order valence-electron chi connectivity index (χ2n) is 3.50. The van der Waals surface area contributed by atoms with Gasteiger partial charge in [0.2, 0.25) is 0 Å². The molecule has 16 heavy (non-hydrogen) atoms. The molecule has 0 aromatic carbocycles. The number of imidazole rings is 1. The van der Waals surface area contributed by atoms with Crippen LogP contribution in [-0.2, 0) is 22.6 Å². The fraction of sp³-hybridized carbons (Fsp3) is 0.636. The van der Waals surface area contributed by atoms with Crippen LogP contribution in [-0.4, -0.2) is 29.2 Å². The first-order chi connectivity index (χ1) is 7.77. The minimum absolute atomic E-state index is 0.159. The van der Waals surface area contributed by atoms with Crippen molar-refractivity contribution < 1.29 is 9.53 Å². The van der Waals surface area contributed by atoms with Crippen LogP contribution in [0.2, 0.25) is 0 Å². The largest absolute Gasteiger partial charge is 0.469 e. The van der Waals surface area contributed by atoms with E-state index in [0.29, 0.717) is 6.42 Å². The number of carbonyl (C=O) groups is 1. The third kappa shape index (κ3) is 4.02. The smallest absolute Gasteiger partial charge is 0.305 e. The highest BCUT2D eigenvalue weighted by Gasteiger charge is 2.03. The molecular formula is C11H19N3O2. The van der Waals surface area contributed by atoms with Crippen molar-refractivity contribution in [3.8, 4) is 0 Å². The van der Waals surface area contributed by atoms with Crippen molar-refractivity contribution in [2.75, 3.05) is 13.7 Å². The van der Waals surface area contributed by atoms with Crippen LogP contribution in [0.4, 0.5) is 0 Å². The van der Waals surface area contributed by atoms with Crippen LogP contribution in [0.1, 0.15) is 25.6 Å². The number of rotatable bonds is 7. The van der Waals surface area contributed by atoms with E-state index in [4.69, 9.17) is 0 Å². The number of aryl methyl sites for hydroxylation is 1. The first-order valence-electron chi connectivity index (χ1n) is 5.55. The molecule has 0 aliphatic carbocycles. The van der Waals surface area contributed by atoms with Crippen molar-refractivity contribution in [3.63, 3.8) is 0 Å². The van der Waals surface area contributed by atoms with Crippen LogP contribution < -0.4 is 5.32 Å². The first kappa shape index (κ1) is 12.7. The summed E-state index contributed by atoms with van der Waals surface area (Å²) in [6, 6.07) is 0. The maximum atomic E-state index is 10.9. The van der Waals surface area contributed by atoms with E-state index in [-0.39, 0.29) is 5.97 Å². The summed E-state index contributed by atoms with van der Waals surface area (Å²) in [5.41, 5.74) is 0. The van der Waals surface area contributed by atoms with E-state index in [2.05, 4.69) is 26.5 Å². The molecule has 0 radical (unpaired) electrons. The summed E-state index contributed by atoms with van der Waals surface area (Å²) in [6.07, 6.45) is 4.95. The van der Waals surface area contributed by atoms with Crippen molar-refractivity contribution in [2.24, 2.45) is 0 Å². The third-order valence-electron chi connectivity index (χ3n) is 2.34. The van der Waals surface area contributed by atoms with Crippen LogP contribution >= 0.6 is 0 Å². The Hall–Kier alpha value is -1.36. The highest BCUT2D eigenvalue weighted by atomic mass is 16.5. The van der Waals surface area contributed by atoms with Gasteiger partial charge >= 0.3 is 5.97 Å². The Balaban J connectivity index is 2.35. The second-order valence-corrected chi connectivity index (χ2v) is 3.50. The van der Waals surface area contributed by atoms with E-state index in [1.165, 1.54) is 7.11 Å². The van der Waals surface area contributed by atoms with Crippen LogP contribution in [0.3, 0.4) is 0 Å². The van der Waals surface area contributed by atoms with Crippen molar-refractivity contribution in [3.05, 3.63) is 18.2 Å². The maximum absolute atomic E-state index is 10.9. The minimum Gasteiger partial charge on any atom is -0.469 e. The molecule has 5 nitrogen and oxygen atoms in total. The third-order valence-corrected chi connectivity index (χ3v) is 2.34. The molecular weight excluding hydrogens is 206 g/mol. The quantitative estimate of drug-likeness (QED) is 0.702. The minimum atomic E-state index is -0.159. The van der Waals surface area contributed by atoms with Gasteiger partial charge < -0.3 is 14.6 Å². The van der Waals surface area contributed by atoms with Gasteiger partial charge in [-0.3, -0.25) is 4.79 Å². The summed E-state index contributed by atoms with van der Waals surface area (Å²) >= 11 is 0. The lowest BCUT2D eigenvalue weighted by Gasteiger charge is -2.07. The topological polar surface area (TPSA) is 56.2 Å².